The first-order valence-corrected chi connectivity index (χ1v) is 9.01. The van der Waals surface area contributed by atoms with Crippen LogP contribution in [0.2, 0.25) is 0 Å². The summed E-state index contributed by atoms with van der Waals surface area (Å²) in [6.07, 6.45) is 1.40. The van der Waals surface area contributed by atoms with Crippen LogP contribution in [0.1, 0.15) is 5.69 Å². The monoisotopic (exact) mass is 408 g/mol. The van der Waals surface area contributed by atoms with Crippen molar-refractivity contribution in [2.24, 2.45) is 12.0 Å². The molecule has 0 bridgehead atoms. The number of nitrogens with zero attached hydrogens (tertiary/aromatic N) is 4. The van der Waals surface area contributed by atoms with Crippen molar-refractivity contribution in [3.63, 3.8) is 0 Å². The summed E-state index contributed by atoms with van der Waals surface area (Å²) >= 11 is 0. The Hall–Kier alpha value is -4.01. The van der Waals surface area contributed by atoms with E-state index in [1.165, 1.54) is 27.5 Å². The van der Waals surface area contributed by atoms with Crippen LogP contribution in [0.15, 0.2) is 45.8 Å². The van der Waals surface area contributed by atoms with Crippen LogP contribution in [0.4, 0.5) is 5.95 Å². The average molecular weight is 408 g/mol. The second-order valence-corrected chi connectivity index (χ2v) is 6.34. The van der Waals surface area contributed by atoms with E-state index in [1.807, 2.05) is 35.9 Å². The molecule has 4 rings (SSSR count). The molecule has 4 aromatic rings. The number of rotatable bonds is 6. The first-order valence-electron chi connectivity index (χ1n) is 9.01. The molecule has 2 aromatic carbocycles. The highest BCUT2D eigenvalue weighted by atomic mass is 16.5. The minimum absolute atomic E-state index is 0.172. The number of aromatic hydroxyl groups is 1. The van der Waals surface area contributed by atoms with Crippen LogP contribution >= 0.6 is 0 Å². The third kappa shape index (κ3) is 3.30. The summed E-state index contributed by atoms with van der Waals surface area (Å²) in [4.78, 5) is 13.1. The van der Waals surface area contributed by atoms with Crippen LogP contribution in [-0.4, -0.2) is 47.2 Å². The molecule has 0 saturated carbocycles. The predicted molar refractivity (Wildman–Crippen MR) is 111 cm³/mol. The molecule has 9 nitrogen and oxygen atoms in total. The fourth-order valence-electron chi connectivity index (χ4n) is 3.10. The van der Waals surface area contributed by atoms with Gasteiger partial charge in [0.05, 0.1) is 38.6 Å². The van der Waals surface area contributed by atoms with Gasteiger partial charge in [0.1, 0.15) is 0 Å². The van der Waals surface area contributed by atoms with Crippen molar-refractivity contribution in [1.82, 2.24) is 14.5 Å². The Morgan fingerprint density at radius 1 is 1.03 bits per heavy atom. The number of fused-ring (bicyclic) bond motifs is 1. The maximum Gasteiger partial charge on any atom is 0.312 e. The fourth-order valence-corrected chi connectivity index (χ4v) is 3.10. The largest absolute Gasteiger partial charge is 0.493 e. The summed E-state index contributed by atoms with van der Waals surface area (Å²) in [6.45, 7) is 0. The van der Waals surface area contributed by atoms with Crippen LogP contribution in [-0.2, 0) is 7.05 Å². The Morgan fingerprint density at radius 3 is 2.37 bits per heavy atom. The number of aryl methyl sites for hydroxylation is 1. The van der Waals surface area contributed by atoms with Gasteiger partial charge >= 0.3 is 5.95 Å². The summed E-state index contributed by atoms with van der Waals surface area (Å²) in [7, 11) is 6.42. The second kappa shape index (κ2) is 7.78. The zero-order valence-corrected chi connectivity index (χ0v) is 16.9. The quantitative estimate of drug-likeness (QED) is 0.485. The number of ether oxygens (including phenoxy) is 3. The van der Waals surface area contributed by atoms with Gasteiger partial charge in [-0.3, -0.25) is 0 Å². The number of benzene rings is 2. The number of hydrogen-bond donors (Lipinski definition) is 1. The van der Waals surface area contributed by atoms with Gasteiger partial charge < -0.3 is 28.3 Å². The fraction of sp³-hybridized carbons (Fsp3) is 0.190. The van der Waals surface area contributed by atoms with Gasteiger partial charge in [0, 0.05) is 12.6 Å². The first kappa shape index (κ1) is 19.3. The summed E-state index contributed by atoms with van der Waals surface area (Å²) in [6, 6.07) is 11.1. The smallest absolute Gasteiger partial charge is 0.312 e. The average Bonchev–Trinajstić information content (AvgIpc) is 3.30. The minimum Gasteiger partial charge on any atom is -0.493 e. The van der Waals surface area contributed by atoms with E-state index >= 15 is 0 Å². The summed E-state index contributed by atoms with van der Waals surface area (Å²) in [5.41, 5.74) is 2.50. The molecule has 0 unspecified atom stereocenters. The van der Waals surface area contributed by atoms with Gasteiger partial charge in [-0.05, 0) is 24.3 Å². The molecule has 0 aliphatic heterocycles. The molecule has 2 heterocycles. The number of para-hydroxylation sites is 2. The van der Waals surface area contributed by atoms with E-state index in [9.17, 15) is 5.11 Å². The van der Waals surface area contributed by atoms with E-state index < -0.39 is 0 Å². The topological polar surface area (TPSA) is 104 Å². The van der Waals surface area contributed by atoms with E-state index in [4.69, 9.17) is 18.6 Å². The van der Waals surface area contributed by atoms with Crippen LogP contribution in [0.3, 0.4) is 0 Å². The molecule has 2 aromatic heterocycles. The standard InChI is InChI=1S/C21H20N4O5/c1-25-15-8-6-5-7-13(15)24-21(25)22-11-14-20(26)30-19(23-14)12-9-16(27-2)18(29-4)17(10-12)28-3/h5-11,26H,1-4H3. The highest BCUT2D eigenvalue weighted by Crippen LogP contribution is 2.41. The Morgan fingerprint density at radius 2 is 1.73 bits per heavy atom. The summed E-state index contributed by atoms with van der Waals surface area (Å²) in [5, 5.41) is 10.2. The van der Waals surface area contributed by atoms with Gasteiger partial charge in [-0.25, -0.2) is 15.0 Å². The van der Waals surface area contributed by atoms with Gasteiger partial charge in [0.2, 0.25) is 17.6 Å². The zero-order valence-electron chi connectivity index (χ0n) is 16.9. The number of methoxy groups -OCH3 is 3. The van der Waals surface area contributed by atoms with E-state index in [0.29, 0.717) is 28.8 Å². The van der Waals surface area contributed by atoms with Crippen LogP contribution in [0, 0.1) is 0 Å². The van der Waals surface area contributed by atoms with Crippen molar-refractivity contribution in [3.8, 4) is 34.6 Å². The van der Waals surface area contributed by atoms with Crippen molar-refractivity contribution in [1.29, 1.82) is 0 Å². The van der Waals surface area contributed by atoms with Crippen LogP contribution < -0.4 is 14.2 Å². The van der Waals surface area contributed by atoms with Gasteiger partial charge in [0.25, 0.3) is 0 Å². The number of oxazole rings is 1. The molecule has 0 saturated heterocycles. The number of aliphatic imine (C=N–C) groups is 1. The van der Waals surface area contributed by atoms with Crippen molar-refractivity contribution < 1.29 is 23.7 Å². The van der Waals surface area contributed by atoms with Crippen molar-refractivity contribution >= 4 is 23.2 Å². The second-order valence-electron chi connectivity index (χ2n) is 6.34. The Bertz CT molecular complexity index is 1220. The van der Waals surface area contributed by atoms with E-state index in [-0.39, 0.29) is 17.5 Å². The highest BCUT2D eigenvalue weighted by Gasteiger charge is 2.19. The molecule has 30 heavy (non-hydrogen) atoms. The lowest BCUT2D eigenvalue weighted by Gasteiger charge is -2.12. The summed E-state index contributed by atoms with van der Waals surface area (Å²) in [5.74, 6) is 1.63. The number of imidazole rings is 1. The van der Waals surface area contributed by atoms with Gasteiger partial charge in [-0.15, -0.1) is 0 Å². The van der Waals surface area contributed by atoms with Gasteiger partial charge in [-0.1, -0.05) is 12.1 Å². The van der Waals surface area contributed by atoms with Gasteiger partial charge in [-0.2, -0.15) is 0 Å². The molecule has 9 heteroatoms. The molecular formula is C21H20N4O5. The van der Waals surface area contributed by atoms with E-state index in [1.54, 1.807) is 12.1 Å². The predicted octanol–water partition coefficient (Wildman–Crippen LogP) is 3.71. The molecular weight excluding hydrogens is 388 g/mol. The lowest BCUT2D eigenvalue weighted by atomic mass is 10.2. The van der Waals surface area contributed by atoms with Crippen molar-refractivity contribution in [2.45, 2.75) is 0 Å². The maximum absolute atomic E-state index is 10.2. The van der Waals surface area contributed by atoms with E-state index in [0.717, 1.165) is 11.0 Å². The zero-order chi connectivity index (χ0) is 21.3. The molecule has 1 N–H and O–H groups in total. The Labute approximate surface area is 172 Å². The normalized spacial score (nSPS) is 11.3. The summed E-state index contributed by atoms with van der Waals surface area (Å²) < 4.78 is 23.3. The molecule has 0 aliphatic rings. The molecule has 0 radical (unpaired) electrons. The third-order valence-electron chi connectivity index (χ3n) is 4.61. The molecule has 0 atom stereocenters. The third-order valence-corrected chi connectivity index (χ3v) is 4.61. The molecule has 0 spiro atoms. The van der Waals surface area contributed by atoms with Crippen molar-refractivity contribution in [3.05, 3.63) is 42.1 Å². The van der Waals surface area contributed by atoms with Gasteiger partial charge in [0.15, 0.2) is 17.2 Å². The Balaban J connectivity index is 1.70. The molecule has 0 amide bonds. The number of hydrogen-bond acceptors (Lipinski definition) is 8. The van der Waals surface area contributed by atoms with Crippen LogP contribution in [0.25, 0.3) is 22.5 Å². The SMILES string of the molecule is COc1cc(-c2nc(C=Nc3nc4ccccc4n3C)c(O)o2)cc(OC)c1OC. The molecule has 0 fully saturated rings. The minimum atomic E-state index is -0.360. The maximum atomic E-state index is 10.2. The Kier molecular flexibility index (Phi) is 5.01. The van der Waals surface area contributed by atoms with Crippen molar-refractivity contribution in [2.75, 3.05) is 21.3 Å². The number of aromatic nitrogens is 3. The lowest BCUT2D eigenvalue weighted by molar-refractivity contribution is 0.323. The molecule has 154 valence electrons. The highest BCUT2D eigenvalue weighted by molar-refractivity contribution is 5.84. The first-order chi connectivity index (χ1) is 14.5. The van der Waals surface area contributed by atoms with E-state index in [2.05, 4.69) is 15.0 Å². The lowest BCUT2D eigenvalue weighted by Crippen LogP contribution is -1.95. The van der Waals surface area contributed by atoms with Crippen LogP contribution in [0.5, 0.6) is 23.2 Å². The molecule has 0 aliphatic carbocycles.